The number of likely N-dealkylation sites (N-methyl/N-ethyl adjacent to an activating group) is 1. The van der Waals surface area contributed by atoms with Crippen LogP contribution in [-0.2, 0) is 0 Å². The summed E-state index contributed by atoms with van der Waals surface area (Å²) in [6.45, 7) is 7.19. The first-order chi connectivity index (χ1) is 12.0. The molecule has 2 saturated heterocycles. The van der Waals surface area contributed by atoms with E-state index in [0.29, 0.717) is 11.6 Å². The first-order valence-electron chi connectivity index (χ1n) is 8.93. The Kier molecular flexibility index (Phi) is 6.15. The monoisotopic (exact) mass is 368 g/mol. The van der Waals surface area contributed by atoms with Crippen molar-refractivity contribution in [1.82, 2.24) is 14.7 Å². The van der Waals surface area contributed by atoms with Crippen LogP contribution in [-0.4, -0.2) is 73.6 Å². The Bertz CT molecular complexity index is 599. The smallest absolute Gasteiger partial charge is 0.321 e. The lowest BCUT2D eigenvalue weighted by Gasteiger charge is -2.37. The minimum Gasteiger partial charge on any atom is -0.325 e. The van der Waals surface area contributed by atoms with Crippen LogP contribution in [0.2, 0.25) is 5.02 Å². The van der Waals surface area contributed by atoms with E-state index in [9.17, 15) is 9.18 Å². The number of piperazine rings is 1. The Balaban J connectivity index is 1.44. The van der Waals surface area contributed by atoms with E-state index < -0.39 is 5.82 Å². The molecule has 1 aromatic rings. The maximum atomic E-state index is 13.1. The zero-order valence-electron chi connectivity index (χ0n) is 14.7. The zero-order chi connectivity index (χ0) is 17.8. The second kappa shape index (κ2) is 8.34. The quantitative estimate of drug-likeness (QED) is 0.891. The van der Waals surface area contributed by atoms with Crippen molar-refractivity contribution in [3.8, 4) is 0 Å². The van der Waals surface area contributed by atoms with E-state index in [1.807, 2.05) is 4.90 Å². The van der Waals surface area contributed by atoms with Crippen LogP contribution in [0.25, 0.3) is 0 Å². The maximum absolute atomic E-state index is 13.1. The lowest BCUT2D eigenvalue weighted by molar-refractivity contribution is 0.113. The van der Waals surface area contributed by atoms with Crippen molar-refractivity contribution in [3.05, 3.63) is 29.0 Å². The summed E-state index contributed by atoms with van der Waals surface area (Å²) in [4.78, 5) is 19.1. The summed E-state index contributed by atoms with van der Waals surface area (Å²) in [5.41, 5.74) is 0.452. The Morgan fingerprint density at radius 3 is 2.52 bits per heavy atom. The summed E-state index contributed by atoms with van der Waals surface area (Å²) in [6, 6.07) is 3.84. The molecule has 1 aromatic carbocycles. The van der Waals surface area contributed by atoms with Gasteiger partial charge in [0.05, 0.1) is 10.7 Å². The number of hydrogen-bond donors (Lipinski definition) is 1. The molecule has 2 heterocycles. The maximum Gasteiger partial charge on any atom is 0.321 e. The van der Waals surface area contributed by atoms with E-state index in [1.54, 1.807) is 0 Å². The van der Waals surface area contributed by atoms with Gasteiger partial charge < -0.3 is 20.0 Å². The average molecular weight is 369 g/mol. The lowest BCUT2D eigenvalue weighted by Crippen LogP contribution is -2.48. The van der Waals surface area contributed by atoms with Gasteiger partial charge in [0.2, 0.25) is 0 Å². The Morgan fingerprint density at radius 1 is 1.20 bits per heavy atom. The van der Waals surface area contributed by atoms with Gasteiger partial charge in [0, 0.05) is 45.8 Å². The number of hydrogen-bond acceptors (Lipinski definition) is 3. The predicted molar refractivity (Wildman–Crippen MR) is 98.7 cm³/mol. The second-order valence-corrected chi connectivity index (χ2v) is 7.50. The molecule has 7 heteroatoms. The number of carbonyl (C=O) groups excluding carboxylic acids is 1. The summed E-state index contributed by atoms with van der Waals surface area (Å²) < 4.78 is 13.1. The third-order valence-electron chi connectivity index (χ3n) is 5.19. The van der Waals surface area contributed by atoms with Crippen LogP contribution in [0.3, 0.4) is 0 Å². The van der Waals surface area contributed by atoms with E-state index in [1.165, 1.54) is 18.2 Å². The fourth-order valence-electron chi connectivity index (χ4n) is 3.50. The highest BCUT2D eigenvalue weighted by molar-refractivity contribution is 6.33. The molecule has 0 radical (unpaired) electrons. The Hall–Kier alpha value is -1.37. The van der Waals surface area contributed by atoms with Crippen LogP contribution in [0.15, 0.2) is 18.2 Å². The zero-order valence-corrected chi connectivity index (χ0v) is 15.4. The Morgan fingerprint density at radius 2 is 1.88 bits per heavy atom. The van der Waals surface area contributed by atoms with Crippen LogP contribution >= 0.6 is 11.6 Å². The number of carbonyl (C=O) groups is 1. The highest BCUT2D eigenvalue weighted by atomic mass is 35.5. The van der Waals surface area contributed by atoms with Crippen LogP contribution < -0.4 is 5.32 Å². The molecule has 2 aliphatic heterocycles. The van der Waals surface area contributed by atoms with Gasteiger partial charge in [0.1, 0.15) is 5.82 Å². The number of nitrogens with one attached hydrogen (secondary N) is 1. The van der Waals surface area contributed by atoms with Crippen molar-refractivity contribution in [2.24, 2.45) is 5.92 Å². The number of nitrogens with zero attached hydrogens (tertiary/aromatic N) is 3. The summed E-state index contributed by atoms with van der Waals surface area (Å²) in [7, 11) is 2.17. The topological polar surface area (TPSA) is 38.8 Å². The lowest BCUT2D eigenvalue weighted by atomic mass is 9.96. The largest absolute Gasteiger partial charge is 0.325 e. The summed E-state index contributed by atoms with van der Waals surface area (Å²) in [5, 5.41) is 3.00. The number of urea groups is 1. The molecule has 0 aliphatic carbocycles. The molecule has 2 amide bonds. The molecule has 0 bridgehead atoms. The number of piperidine rings is 1. The first-order valence-corrected chi connectivity index (χ1v) is 9.31. The first kappa shape index (κ1) is 18.4. The van der Waals surface area contributed by atoms with Crippen molar-refractivity contribution in [2.45, 2.75) is 12.8 Å². The minimum absolute atomic E-state index is 0.161. The number of amides is 2. The van der Waals surface area contributed by atoms with Gasteiger partial charge in [-0.3, -0.25) is 0 Å². The van der Waals surface area contributed by atoms with Crippen LogP contribution in [0.1, 0.15) is 12.8 Å². The summed E-state index contributed by atoms with van der Waals surface area (Å²) in [5.74, 6) is 0.245. The van der Waals surface area contributed by atoms with E-state index in [2.05, 4.69) is 22.2 Å². The van der Waals surface area contributed by atoms with Crippen molar-refractivity contribution in [3.63, 3.8) is 0 Å². The molecule has 2 aliphatic rings. The number of rotatable bonds is 3. The molecule has 0 spiro atoms. The average Bonchev–Trinajstić information content (AvgIpc) is 2.60. The Labute approximate surface area is 153 Å². The highest BCUT2D eigenvalue weighted by Gasteiger charge is 2.25. The normalized spacial score (nSPS) is 20.7. The molecule has 1 N–H and O–H groups in total. The van der Waals surface area contributed by atoms with Crippen molar-refractivity contribution >= 4 is 23.3 Å². The summed E-state index contributed by atoms with van der Waals surface area (Å²) in [6.07, 6.45) is 2.05. The van der Waals surface area contributed by atoms with Gasteiger partial charge in [-0.25, -0.2) is 9.18 Å². The van der Waals surface area contributed by atoms with Gasteiger partial charge in [-0.15, -0.1) is 0 Å². The molecule has 25 heavy (non-hydrogen) atoms. The van der Waals surface area contributed by atoms with Gasteiger partial charge in [0.25, 0.3) is 0 Å². The number of halogens is 2. The molecule has 0 saturated carbocycles. The fraction of sp³-hybridized carbons (Fsp3) is 0.611. The number of anilines is 1. The van der Waals surface area contributed by atoms with Crippen molar-refractivity contribution in [2.75, 3.05) is 58.2 Å². The predicted octanol–water partition coefficient (Wildman–Crippen LogP) is 2.97. The number of likely N-dealkylation sites (tertiary alicyclic amines) is 1. The second-order valence-electron chi connectivity index (χ2n) is 7.09. The van der Waals surface area contributed by atoms with Gasteiger partial charge in [-0.2, -0.15) is 0 Å². The molecule has 2 fully saturated rings. The van der Waals surface area contributed by atoms with E-state index in [4.69, 9.17) is 11.6 Å². The van der Waals surface area contributed by atoms with E-state index in [0.717, 1.165) is 58.7 Å². The molecular weight excluding hydrogens is 343 g/mol. The third kappa shape index (κ3) is 5.06. The molecule has 5 nitrogen and oxygen atoms in total. The molecule has 138 valence electrons. The van der Waals surface area contributed by atoms with Gasteiger partial charge >= 0.3 is 6.03 Å². The third-order valence-corrected chi connectivity index (χ3v) is 5.50. The van der Waals surface area contributed by atoms with Crippen molar-refractivity contribution in [1.29, 1.82) is 0 Å². The molecular formula is C18H26ClFN4O. The SMILES string of the molecule is CN1CCN(CC2CCN(C(=O)Nc3ccc(F)cc3Cl)CC2)CC1. The van der Waals surface area contributed by atoms with Crippen LogP contribution in [0, 0.1) is 11.7 Å². The van der Waals surface area contributed by atoms with Gasteiger partial charge in [-0.1, -0.05) is 11.6 Å². The van der Waals surface area contributed by atoms with Gasteiger partial charge in [0.15, 0.2) is 0 Å². The highest BCUT2D eigenvalue weighted by Crippen LogP contribution is 2.24. The fourth-order valence-corrected chi connectivity index (χ4v) is 3.71. The van der Waals surface area contributed by atoms with Crippen LogP contribution in [0.4, 0.5) is 14.9 Å². The van der Waals surface area contributed by atoms with E-state index >= 15 is 0 Å². The number of benzene rings is 1. The van der Waals surface area contributed by atoms with Crippen LogP contribution in [0.5, 0.6) is 0 Å². The van der Waals surface area contributed by atoms with E-state index in [-0.39, 0.29) is 11.1 Å². The molecule has 3 rings (SSSR count). The van der Waals surface area contributed by atoms with Crippen molar-refractivity contribution < 1.29 is 9.18 Å². The molecule has 0 unspecified atom stereocenters. The molecule has 0 atom stereocenters. The standard InChI is InChI=1S/C18H26ClFN4O/c1-22-8-10-23(11-9-22)13-14-4-6-24(7-5-14)18(25)21-17-3-2-15(20)12-16(17)19/h2-3,12,14H,4-11,13H2,1H3,(H,21,25). The van der Waals surface area contributed by atoms with Gasteiger partial charge in [-0.05, 0) is 44.0 Å². The minimum atomic E-state index is -0.410. The molecule has 0 aromatic heterocycles. The summed E-state index contributed by atoms with van der Waals surface area (Å²) >= 11 is 5.97.